The first kappa shape index (κ1) is 12.4. The Morgan fingerprint density at radius 1 is 1.60 bits per heavy atom. The first-order chi connectivity index (χ1) is 7.06. The third-order valence-corrected chi connectivity index (χ3v) is 2.71. The highest BCUT2D eigenvalue weighted by Gasteiger charge is 2.31. The van der Waals surface area contributed by atoms with E-state index in [1.807, 2.05) is 20.8 Å². The molecule has 0 radical (unpaired) electrons. The second-order valence-corrected chi connectivity index (χ2v) is 4.37. The Morgan fingerprint density at radius 3 is 2.73 bits per heavy atom. The largest absolute Gasteiger partial charge is 0.376 e. The van der Waals surface area contributed by atoms with Crippen molar-refractivity contribution in [3.8, 4) is 0 Å². The maximum absolute atomic E-state index is 11.6. The molecular weight excluding hydrogens is 194 g/mol. The zero-order chi connectivity index (χ0) is 11.4. The third-order valence-electron chi connectivity index (χ3n) is 2.71. The quantitative estimate of drug-likeness (QED) is 0.386. The fraction of sp³-hybridized carbons (Fsp3) is 0.900. The van der Waals surface area contributed by atoms with Gasteiger partial charge < -0.3 is 4.74 Å². The Kier molecular flexibility index (Phi) is 4.50. The van der Waals surface area contributed by atoms with E-state index < -0.39 is 0 Å². The van der Waals surface area contributed by atoms with E-state index in [1.54, 1.807) is 0 Å². The van der Waals surface area contributed by atoms with Gasteiger partial charge in [-0.3, -0.25) is 15.1 Å². The minimum Gasteiger partial charge on any atom is -0.376 e. The minimum atomic E-state index is -0.152. The molecule has 1 aliphatic rings. The molecule has 0 aromatic heterocycles. The van der Waals surface area contributed by atoms with Gasteiger partial charge >= 0.3 is 0 Å². The summed E-state index contributed by atoms with van der Waals surface area (Å²) in [7, 11) is 0. The molecule has 15 heavy (non-hydrogen) atoms. The predicted octanol–water partition coefficient (Wildman–Crippen LogP) is -0.278. The summed E-state index contributed by atoms with van der Waals surface area (Å²) >= 11 is 0. The van der Waals surface area contributed by atoms with Crippen molar-refractivity contribution in [1.29, 1.82) is 0 Å². The van der Waals surface area contributed by atoms with E-state index in [2.05, 4.69) is 10.3 Å². The van der Waals surface area contributed by atoms with Crippen molar-refractivity contribution in [2.24, 2.45) is 11.8 Å². The summed E-state index contributed by atoms with van der Waals surface area (Å²) in [5.41, 5.74) is 2.24. The van der Waals surface area contributed by atoms with Gasteiger partial charge in [-0.2, -0.15) is 0 Å². The zero-order valence-electron chi connectivity index (χ0n) is 9.69. The SMILES string of the molecule is CC1CN(C(C(=O)NN)C(C)C)CCO1. The second kappa shape index (κ2) is 5.44. The van der Waals surface area contributed by atoms with Gasteiger partial charge in [-0.05, 0) is 12.8 Å². The van der Waals surface area contributed by atoms with E-state index in [0.717, 1.165) is 13.1 Å². The van der Waals surface area contributed by atoms with Gasteiger partial charge in [-0.25, -0.2) is 5.84 Å². The molecule has 0 aliphatic carbocycles. The van der Waals surface area contributed by atoms with Crippen LogP contribution in [0.4, 0.5) is 0 Å². The van der Waals surface area contributed by atoms with Gasteiger partial charge in [0.15, 0.2) is 0 Å². The van der Waals surface area contributed by atoms with Crippen molar-refractivity contribution >= 4 is 5.91 Å². The summed E-state index contributed by atoms with van der Waals surface area (Å²) < 4.78 is 5.45. The first-order valence-corrected chi connectivity index (χ1v) is 5.42. The van der Waals surface area contributed by atoms with Crippen LogP contribution in [0.2, 0.25) is 0 Å². The smallest absolute Gasteiger partial charge is 0.251 e. The molecule has 3 N–H and O–H groups in total. The molecule has 88 valence electrons. The summed E-state index contributed by atoms with van der Waals surface area (Å²) in [6.45, 7) is 8.34. The Balaban J connectivity index is 2.66. The number of morpholine rings is 1. The van der Waals surface area contributed by atoms with E-state index in [9.17, 15) is 4.79 Å². The molecular formula is C10H21N3O2. The number of nitrogens with two attached hydrogens (primary N) is 1. The predicted molar refractivity (Wildman–Crippen MR) is 57.9 cm³/mol. The molecule has 1 fully saturated rings. The summed E-state index contributed by atoms with van der Waals surface area (Å²) in [6.07, 6.45) is 0.186. The molecule has 2 atom stereocenters. The van der Waals surface area contributed by atoms with Crippen molar-refractivity contribution in [3.05, 3.63) is 0 Å². The van der Waals surface area contributed by atoms with Gasteiger partial charge in [0.05, 0.1) is 18.8 Å². The average molecular weight is 215 g/mol. The number of amides is 1. The highest BCUT2D eigenvalue weighted by atomic mass is 16.5. The first-order valence-electron chi connectivity index (χ1n) is 5.42. The van der Waals surface area contributed by atoms with Gasteiger partial charge in [-0.15, -0.1) is 0 Å². The topological polar surface area (TPSA) is 67.6 Å². The number of hydrogen-bond acceptors (Lipinski definition) is 4. The lowest BCUT2D eigenvalue weighted by Gasteiger charge is -2.37. The van der Waals surface area contributed by atoms with Crippen LogP contribution in [0.1, 0.15) is 20.8 Å². The van der Waals surface area contributed by atoms with Gasteiger partial charge in [0, 0.05) is 13.1 Å². The molecule has 0 bridgehead atoms. The number of ether oxygens (including phenoxy) is 1. The number of hydrazine groups is 1. The number of nitrogens with zero attached hydrogens (tertiary/aromatic N) is 1. The summed E-state index contributed by atoms with van der Waals surface area (Å²) in [4.78, 5) is 13.8. The number of carbonyl (C=O) groups is 1. The van der Waals surface area contributed by atoms with Gasteiger partial charge in [0.1, 0.15) is 0 Å². The van der Waals surface area contributed by atoms with Crippen molar-refractivity contribution in [2.75, 3.05) is 19.7 Å². The van der Waals surface area contributed by atoms with Crippen molar-refractivity contribution < 1.29 is 9.53 Å². The maximum atomic E-state index is 11.6. The van der Waals surface area contributed by atoms with Crippen LogP contribution in [0.3, 0.4) is 0 Å². The Morgan fingerprint density at radius 2 is 2.27 bits per heavy atom. The number of hydrogen-bond donors (Lipinski definition) is 2. The zero-order valence-corrected chi connectivity index (χ0v) is 9.69. The van der Waals surface area contributed by atoms with Crippen LogP contribution in [0.5, 0.6) is 0 Å². The molecule has 1 amide bonds. The molecule has 0 aromatic rings. The molecule has 0 aromatic carbocycles. The molecule has 5 nitrogen and oxygen atoms in total. The van der Waals surface area contributed by atoms with Crippen molar-refractivity contribution in [3.63, 3.8) is 0 Å². The number of carbonyl (C=O) groups excluding carboxylic acids is 1. The molecule has 1 rings (SSSR count). The minimum absolute atomic E-state index is 0.112. The lowest BCUT2D eigenvalue weighted by Crippen LogP contribution is -2.56. The molecule has 1 aliphatic heterocycles. The molecule has 0 saturated carbocycles. The molecule has 5 heteroatoms. The Bertz CT molecular complexity index is 221. The van der Waals surface area contributed by atoms with Crippen molar-refractivity contribution in [2.45, 2.75) is 32.9 Å². The third kappa shape index (κ3) is 3.15. The van der Waals surface area contributed by atoms with Gasteiger partial charge in [0.25, 0.3) is 5.91 Å². The summed E-state index contributed by atoms with van der Waals surface area (Å²) in [5, 5.41) is 0. The second-order valence-electron chi connectivity index (χ2n) is 4.37. The van der Waals surface area contributed by atoms with Crippen LogP contribution in [-0.4, -0.2) is 42.6 Å². The Labute approximate surface area is 90.9 Å². The molecule has 1 heterocycles. The van der Waals surface area contributed by atoms with Gasteiger partial charge in [0.2, 0.25) is 0 Å². The van der Waals surface area contributed by atoms with E-state index in [1.165, 1.54) is 0 Å². The molecule has 2 unspecified atom stereocenters. The lowest BCUT2D eigenvalue weighted by atomic mass is 10.0. The molecule has 1 saturated heterocycles. The van der Waals surface area contributed by atoms with E-state index in [0.29, 0.717) is 6.61 Å². The maximum Gasteiger partial charge on any atom is 0.251 e. The van der Waals surface area contributed by atoms with Gasteiger partial charge in [-0.1, -0.05) is 13.8 Å². The fourth-order valence-electron chi connectivity index (χ4n) is 2.07. The van der Waals surface area contributed by atoms with Crippen LogP contribution >= 0.6 is 0 Å². The van der Waals surface area contributed by atoms with Crippen molar-refractivity contribution in [1.82, 2.24) is 10.3 Å². The monoisotopic (exact) mass is 215 g/mol. The Hall–Kier alpha value is -0.650. The standard InChI is InChI=1S/C10H21N3O2/c1-7(2)9(10(14)12-11)13-4-5-15-8(3)6-13/h7-9H,4-6,11H2,1-3H3,(H,12,14). The van der Waals surface area contributed by atoms with Crippen LogP contribution in [0, 0.1) is 5.92 Å². The lowest BCUT2D eigenvalue weighted by molar-refractivity contribution is -0.131. The molecule has 0 spiro atoms. The highest BCUT2D eigenvalue weighted by Crippen LogP contribution is 2.15. The van der Waals surface area contributed by atoms with E-state index in [-0.39, 0.29) is 24.0 Å². The average Bonchev–Trinajstić information content (AvgIpc) is 2.17. The van der Waals surface area contributed by atoms with Crippen LogP contribution in [0.15, 0.2) is 0 Å². The van der Waals surface area contributed by atoms with Crippen LogP contribution < -0.4 is 11.3 Å². The van der Waals surface area contributed by atoms with E-state index in [4.69, 9.17) is 10.6 Å². The fourth-order valence-corrected chi connectivity index (χ4v) is 2.07. The summed E-state index contributed by atoms with van der Waals surface area (Å²) in [6, 6.07) is -0.152. The highest BCUT2D eigenvalue weighted by molar-refractivity contribution is 5.81. The normalized spacial score (nSPS) is 25.3. The van der Waals surface area contributed by atoms with Crippen LogP contribution in [-0.2, 0) is 9.53 Å². The number of nitrogens with one attached hydrogen (secondary N) is 1. The van der Waals surface area contributed by atoms with E-state index >= 15 is 0 Å². The number of rotatable bonds is 3. The summed E-state index contributed by atoms with van der Waals surface area (Å²) in [5.74, 6) is 5.33. The van der Waals surface area contributed by atoms with Crippen LogP contribution in [0.25, 0.3) is 0 Å².